The number of rotatable bonds is 1. The van der Waals surface area contributed by atoms with Crippen LogP contribution in [0.3, 0.4) is 0 Å². The number of aldehydes is 1. The van der Waals surface area contributed by atoms with Crippen LogP contribution in [0.2, 0.25) is 0 Å². The molecule has 0 aliphatic heterocycles. The smallest absolute Gasteiger partial charge is 0.152 e. The van der Waals surface area contributed by atoms with Crippen LogP contribution in [-0.4, -0.2) is 11.3 Å². The van der Waals surface area contributed by atoms with Gasteiger partial charge in [-0.25, -0.2) is 4.98 Å². The summed E-state index contributed by atoms with van der Waals surface area (Å²) < 4.78 is 0. The first kappa shape index (κ1) is 17.4. The van der Waals surface area contributed by atoms with Gasteiger partial charge in [0.1, 0.15) is 5.69 Å². The Morgan fingerprint density at radius 1 is 1.11 bits per heavy atom. The summed E-state index contributed by atoms with van der Waals surface area (Å²) in [6.07, 6.45) is 0.812. The summed E-state index contributed by atoms with van der Waals surface area (Å²) in [6, 6.07) is 3.69. The standard InChI is InChI=1S/C16H21NO.CH4/c1-15(2,3)10-9-13-12(11-18)7-8-14(17-13)16(4,5)6;/h7-8,11H,1-6H3;1H4. The fraction of sp³-hybridized carbons (Fsp3) is 0.529. The van der Waals surface area contributed by atoms with Crippen LogP contribution in [0.25, 0.3) is 0 Å². The second-order valence-corrected chi connectivity index (χ2v) is 6.50. The van der Waals surface area contributed by atoms with Gasteiger partial charge in [-0.15, -0.1) is 0 Å². The minimum Gasteiger partial charge on any atom is -0.298 e. The molecule has 0 saturated carbocycles. The molecule has 0 aromatic carbocycles. The average molecular weight is 259 g/mol. The molecule has 0 amide bonds. The van der Waals surface area contributed by atoms with E-state index in [2.05, 4.69) is 37.6 Å². The molecule has 2 nitrogen and oxygen atoms in total. The van der Waals surface area contributed by atoms with E-state index < -0.39 is 0 Å². The van der Waals surface area contributed by atoms with Crippen LogP contribution >= 0.6 is 0 Å². The molecule has 0 saturated heterocycles. The SMILES string of the molecule is C.CC(C)(C)C#Cc1nc(C(C)(C)C)ccc1C=O. The summed E-state index contributed by atoms with van der Waals surface area (Å²) in [5.74, 6) is 6.14. The molecule has 19 heavy (non-hydrogen) atoms. The van der Waals surface area contributed by atoms with Gasteiger partial charge in [-0.3, -0.25) is 4.79 Å². The molecule has 0 spiro atoms. The van der Waals surface area contributed by atoms with E-state index in [1.165, 1.54) is 0 Å². The minimum absolute atomic E-state index is 0. The van der Waals surface area contributed by atoms with Crippen LogP contribution in [-0.2, 0) is 5.41 Å². The molecule has 1 heterocycles. The first-order chi connectivity index (χ1) is 8.13. The summed E-state index contributed by atoms with van der Waals surface area (Å²) >= 11 is 0. The fourth-order valence-electron chi connectivity index (χ4n) is 1.33. The Labute approximate surface area is 117 Å². The highest BCUT2D eigenvalue weighted by Gasteiger charge is 2.16. The van der Waals surface area contributed by atoms with Crippen molar-refractivity contribution in [2.45, 2.75) is 54.4 Å². The lowest BCUT2D eigenvalue weighted by molar-refractivity contribution is 0.112. The Hall–Kier alpha value is -1.62. The number of hydrogen-bond donors (Lipinski definition) is 0. The van der Waals surface area contributed by atoms with Gasteiger partial charge >= 0.3 is 0 Å². The van der Waals surface area contributed by atoms with Crippen molar-refractivity contribution in [3.63, 3.8) is 0 Å². The number of aromatic nitrogens is 1. The summed E-state index contributed by atoms with van der Waals surface area (Å²) in [7, 11) is 0. The van der Waals surface area contributed by atoms with E-state index in [1.807, 2.05) is 26.8 Å². The molecule has 0 bridgehead atoms. The Morgan fingerprint density at radius 3 is 2.11 bits per heavy atom. The zero-order valence-electron chi connectivity index (χ0n) is 12.1. The van der Waals surface area contributed by atoms with Crippen LogP contribution in [0.4, 0.5) is 0 Å². The average Bonchev–Trinajstić information content (AvgIpc) is 2.23. The van der Waals surface area contributed by atoms with E-state index in [1.54, 1.807) is 6.07 Å². The van der Waals surface area contributed by atoms with Crippen molar-refractivity contribution in [1.29, 1.82) is 0 Å². The minimum atomic E-state index is -0.0976. The molecule has 2 heteroatoms. The van der Waals surface area contributed by atoms with Crippen molar-refractivity contribution < 1.29 is 4.79 Å². The molecule has 104 valence electrons. The third-order valence-corrected chi connectivity index (χ3v) is 2.38. The van der Waals surface area contributed by atoms with Gasteiger partial charge < -0.3 is 0 Å². The fourth-order valence-corrected chi connectivity index (χ4v) is 1.33. The molecule has 0 fully saturated rings. The van der Waals surface area contributed by atoms with Crippen LogP contribution in [0.15, 0.2) is 12.1 Å². The molecule has 0 aliphatic carbocycles. The zero-order chi connectivity index (χ0) is 14.0. The maximum Gasteiger partial charge on any atom is 0.152 e. The number of nitrogens with zero attached hydrogens (tertiary/aromatic N) is 1. The maximum absolute atomic E-state index is 11.0. The Bertz CT molecular complexity index is 505. The van der Waals surface area contributed by atoms with Crippen molar-refractivity contribution in [2.24, 2.45) is 5.41 Å². The zero-order valence-corrected chi connectivity index (χ0v) is 12.1. The highest BCUT2D eigenvalue weighted by Crippen LogP contribution is 2.21. The molecule has 1 rings (SSSR count). The first-order valence-corrected chi connectivity index (χ1v) is 6.13. The van der Waals surface area contributed by atoms with Crippen LogP contribution in [0, 0.1) is 17.3 Å². The predicted octanol–water partition coefficient (Wildman–Crippen LogP) is 4.23. The summed E-state index contributed by atoms with van der Waals surface area (Å²) in [6.45, 7) is 12.4. The topological polar surface area (TPSA) is 30.0 Å². The normalized spacial score (nSPS) is 11.1. The molecular formula is C17H25NO. The van der Waals surface area contributed by atoms with Gasteiger partial charge in [-0.2, -0.15) is 0 Å². The summed E-state index contributed by atoms with van der Waals surface area (Å²) in [5.41, 5.74) is 1.94. The van der Waals surface area contributed by atoms with E-state index in [0.717, 1.165) is 12.0 Å². The quantitative estimate of drug-likeness (QED) is 0.558. The molecule has 0 N–H and O–H groups in total. The largest absolute Gasteiger partial charge is 0.298 e. The van der Waals surface area contributed by atoms with E-state index >= 15 is 0 Å². The molecular weight excluding hydrogens is 234 g/mol. The van der Waals surface area contributed by atoms with Gasteiger partial charge in [0.2, 0.25) is 0 Å². The summed E-state index contributed by atoms with van der Waals surface area (Å²) in [5, 5.41) is 0. The van der Waals surface area contributed by atoms with Crippen molar-refractivity contribution in [1.82, 2.24) is 4.98 Å². The van der Waals surface area contributed by atoms with Gasteiger partial charge in [0, 0.05) is 22.1 Å². The molecule has 0 atom stereocenters. The van der Waals surface area contributed by atoms with Gasteiger partial charge in [-0.05, 0) is 38.8 Å². The molecule has 1 aromatic rings. The number of pyridine rings is 1. The Kier molecular flexibility index (Phi) is 5.50. The maximum atomic E-state index is 11.0. The van der Waals surface area contributed by atoms with E-state index in [4.69, 9.17) is 0 Å². The number of hydrogen-bond acceptors (Lipinski definition) is 2. The highest BCUT2D eigenvalue weighted by atomic mass is 16.1. The Morgan fingerprint density at radius 2 is 1.68 bits per heavy atom. The third kappa shape index (κ3) is 5.26. The second-order valence-electron chi connectivity index (χ2n) is 6.50. The lowest BCUT2D eigenvalue weighted by atomic mass is 9.91. The van der Waals surface area contributed by atoms with E-state index in [9.17, 15) is 4.79 Å². The van der Waals surface area contributed by atoms with Crippen LogP contribution < -0.4 is 0 Å². The first-order valence-electron chi connectivity index (χ1n) is 6.13. The molecule has 0 radical (unpaired) electrons. The van der Waals surface area contributed by atoms with E-state index in [0.29, 0.717) is 11.3 Å². The predicted molar refractivity (Wildman–Crippen MR) is 81.4 cm³/mol. The molecule has 0 unspecified atom stereocenters. The Balaban J connectivity index is 0.00000324. The van der Waals surface area contributed by atoms with Crippen LogP contribution in [0.5, 0.6) is 0 Å². The van der Waals surface area contributed by atoms with Crippen molar-refractivity contribution in [3.05, 3.63) is 29.1 Å². The lowest BCUT2D eigenvalue weighted by Crippen LogP contribution is -2.14. The molecule has 0 aliphatic rings. The number of carbonyl (C=O) groups is 1. The van der Waals surface area contributed by atoms with Crippen LogP contribution in [0.1, 0.15) is 70.7 Å². The monoisotopic (exact) mass is 259 g/mol. The van der Waals surface area contributed by atoms with E-state index in [-0.39, 0.29) is 18.3 Å². The van der Waals surface area contributed by atoms with Gasteiger partial charge in [0.25, 0.3) is 0 Å². The highest BCUT2D eigenvalue weighted by molar-refractivity contribution is 5.78. The van der Waals surface area contributed by atoms with Crippen molar-refractivity contribution in [3.8, 4) is 11.8 Å². The third-order valence-electron chi connectivity index (χ3n) is 2.38. The molecule has 1 aromatic heterocycles. The summed E-state index contributed by atoms with van der Waals surface area (Å²) in [4.78, 5) is 15.5. The van der Waals surface area contributed by atoms with Gasteiger partial charge in [0.15, 0.2) is 6.29 Å². The van der Waals surface area contributed by atoms with Crippen molar-refractivity contribution >= 4 is 6.29 Å². The van der Waals surface area contributed by atoms with Gasteiger partial charge in [-0.1, -0.05) is 34.1 Å². The second kappa shape index (κ2) is 6.02. The van der Waals surface area contributed by atoms with Gasteiger partial charge in [0.05, 0.1) is 0 Å². The lowest BCUT2D eigenvalue weighted by Gasteiger charge is -2.18. The number of carbonyl (C=O) groups excluding carboxylic acids is 1. The van der Waals surface area contributed by atoms with Crippen molar-refractivity contribution in [2.75, 3.05) is 0 Å².